The summed E-state index contributed by atoms with van der Waals surface area (Å²) in [6, 6.07) is 9.58. The van der Waals surface area contributed by atoms with E-state index in [1.165, 1.54) is 18.2 Å². The smallest absolute Gasteiger partial charge is 0.162 e. The second-order valence-corrected chi connectivity index (χ2v) is 8.13. The molecule has 2 aromatic rings. The molecular weight excluding hydrogens is 388 g/mol. The van der Waals surface area contributed by atoms with Gasteiger partial charge in [0.05, 0.1) is 6.61 Å². The van der Waals surface area contributed by atoms with Gasteiger partial charge in [-0.15, -0.1) is 0 Å². The lowest BCUT2D eigenvalue weighted by molar-refractivity contribution is 0.137. The van der Waals surface area contributed by atoms with Crippen molar-refractivity contribution in [2.75, 3.05) is 26.2 Å². The Morgan fingerprint density at radius 3 is 2.70 bits per heavy atom. The number of piperidine rings is 1. The molecule has 5 nitrogen and oxygen atoms in total. The molecule has 0 spiro atoms. The molecule has 2 aromatic carbocycles. The fraction of sp³-hybridized carbons (Fsp3) is 0.478. The summed E-state index contributed by atoms with van der Waals surface area (Å²) in [7, 11) is 0. The Hall–Kier alpha value is -2.22. The Morgan fingerprint density at radius 2 is 1.93 bits per heavy atom. The van der Waals surface area contributed by atoms with Crippen molar-refractivity contribution in [1.29, 1.82) is 0 Å². The molecule has 4 rings (SSSR count). The molecule has 0 bridgehead atoms. The number of nitrogens with zero attached hydrogens (tertiary/aromatic N) is 1. The van der Waals surface area contributed by atoms with Gasteiger partial charge in [0.1, 0.15) is 11.6 Å². The first-order valence-corrected chi connectivity index (χ1v) is 10.7. The second kappa shape index (κ2) is 9.29. The molecule has 2 fully saturated rings. The molecule has 0 saturated carbocycles. The van der Waals surface area contributed by atoms with Crippen LogP contribution in [0, 0.1) is 17.6 Å². The molecule has 2 aliphatic heterocycles. The van der Waals surface area contributed by atoms with Gasteiger partial charge in [-0.2, -0.15) is 0 Å². The molecule has 2 saturated heterocycles. The first kappa shape index (κ1) is 21.0. The number of hydrogen-bond donors (Lipinski definition) is 3. The minimum absolute atomic E-state index is 0.0532. The SMILES string of the molecule is CCOc1cccc(CN2CCCC(C3NNCC3c3c(F)cccc3F)C2)c1O. The number of hydrogen-bond acceptors (Lipinski definition) is 5. The Bertz CT molecular complexity index is 859. The highest BCUT2D eigenvalue weighted by molar-refractivity contribution is 5.45. The number of ether oxygens (including phenoxy) is 1. The van der Waals surface area contributed by atoms with Crippen LogP contribution in [-0.4, -0.2) is 42.3 Å². The molecule has 3 unspecified atom stereocenters. The highest BCUT2D eigenvalue weighted by Gasteiger charge is 2.39. The maximum absolute atomic E-state index is 14.4. The van der Waals surface area contributed by atoms with Crippen molar-refractivity contribution in [1.82, 2.24) is 15.8 Å². The van der Waals surface area contributed by atoms with Crippen LogP contribution in [-0.2, 0) is 6.54 Å². The zero-order chi connectivity index (χ0) is 21.1. The Balaban J connectivity index is 1.48. The Kier molecular flexibility index (Phi) is 6.51. The Morgan fingerprint density at radius 1 is 1.17 bits per heavy atom. The van der Waals surface area contributed by atoms with Gasteiger partial charge in [0, 0.05) is 42.7 Å². The van der Waals surface area contributed by atoms with Crippen LogP contribution >= 0.6 is 0 Å². The summed E-state index contributed by atoms with van der Waals surface area (Å²) >= 11 is 0. The van der Waals surface area contributed by atoms with E-state index in [1.54, 1.807) is 6.07 Å². The van der Waals surface area contributed by atoms with Crippen LogP contribution in [0.4, 0.5) is 8.78 Å². The highest BCUT2D eigenvalue weighted by Crippen LogP contribution is 2.36. The third kappa shape index (κ3) is 4.29. The number of benzene rings is 2. The highest BCUT2D eigenvalue weighted by atomic mass is 19.1. The summed E-state index contributed by atoms with van der Waals surface area (Å²) < 4.78 is 34.3. The van der Waals surface area contributed by atoms with Crippen molar-refractivity contribution in [3.05, 3.63) is 59.2 Å². The molecule has 3 N–H and O–H groups in total. The van der Waals surface area contributed by atoms with Crippen molar-refractivity contribution < 1.29 is 18.6 Å². The number of likely N-dealkylation sites (tertiary alicyclic amines) is 1. The molecule has 162 valence electrons. The van der Waals surface area contributed by atoms with Crippen molar-refractivity contribution >= 4 is 0 Å². The zero-order valence-corrected chi connectivity index (χ0v) is 17.2. The van der Waals surface area contributed by atoms with Gasteiger partial charge in [0.2, 0.25) is 0 Å². The molecule has 0 radical (unpaired) electrons. The summed E-state index contributed by atoms with van der Waals surface area (Å²) in [5.41, 5.74) is 7.38. The number of halogens is 2. The van der Waals surface area contributed by atoms with Gasteiger partial charge in [-0.3, -0.25) is 15.8 Å². The molecular formula is C23H29F2N3O2. The zero-order valence-electron chi connectivity index (χ0n) is 17.2. The minimum Gasteiger partial charge on any atom is -0.504 e. The van der Waals surface area contributed by atoms with E-state index in [2.05, 4.69) is 15.8 Å². The van der Waals surface area contributed by atoms with Crippen LogP contribution in [0.2, 0.25) is 0 Å². The van der Waals surface area contributed by atoms with Crippen LogP contribution in [0.5, 0.6) is 11.5 Å². The summed E-state index contributed by atoms with van der Waals surface area (Å²) in [4.78, 5) is 2.30. The number of rotatable bonds is 6. The van der Waals surface area contributed by atoms with E-state index in [1.807, 2.05) is 19.1 Å². The first-order valence-electron chi connectivity index (χ1n) is 10.7. The summed E-state index contributed by atoms with van der Waals surface area (Å²) in [5, 5.41) is 10.5. The Labute approximate surface area is 176 Å². The standard InChI is InChI=1S/C23H29F2N3O2/c1-2-30-20-10-3-6-16(23(20)29)14-28-11-5-7-15(13-28)22-17(12-26-27-22)21-18(24)8-4-9-19(21)25/h3-4,6,8-10,15,17,22,26-27,29H,2,5,7,11-14H2,1H3. The van der Waals surface area contributed by atoms with Gasteiger partial charge >= 0.3 is 0 Å². The van der Waals surface area contributed by atoms with Crippen LogP contribution in [0.25, 0.3) is 0 Å². The monoisotopic (exact) mass is 417 g/mol. The average Bonchev–Trinajstić information content (AvgIpc) is 3.21. The van der Waals surface area contributed by atoms with Gasteiger partial charge in [-0.1, -0.05) is 18.2 Å². The lowest BCUT2D eigenvalue weighted by atomic mass is 9.80. The van der Waals surface area contributed by atoms with Crippen molar-refractivity contribution in [2.45, 2.75) is 38.3 Å². The number of para-hydroxylation sites is 1. The maximum Gasteiger partial charge on any atom is 0.162 e. The summed E-state index contributed by atoms with van der Waals surface area (Å²) in [6.45, 7) is 5.21. The van der Waals surface area contributed by atoms with Gasteiger partial charge in [-0.25, -0.2) is 8.78 Å². The molecule has 3 atom stereocenters. The topological polar surface area (TPSA) is 56.8 Å². The molecule has 0 aromatic heterocycles. The van der Waals surface area contributed by atoms with E-state index < -0.39 is 11.6 Å². The fourth-order valence-corrected chi connectivity index (χ4v) is 4.84. The molecule has 2 heterocycles. The minimum atomic E-state index is -0.485. The van der Waals surface area contributed by atoms with E-state index in [4.69, 9.17) is 4.74 Å². The molecule has 7 heteroatoms. The molecule has 0 aliphatic carbocycles. The van der Waals surface area contributed by atoms with Crippen LogP contribution in [0.15, 0.2) is 36.4 Å². The fourth-order valence-electron chi connectivity index (χ4n) is 4.84. The van der Waals surface area contributed by atoms with E-state index in [-0.39, 0.29) is 29.2 Å². The van der Waals surface area contributed by atoms with Crippen LogP contribution in [0.1, 0.15) is 36.8 Å². The van der Waals surface area contributed by atoms with E-state index in [9.17, 15) is 13.9 Å². The van der Waals surface area contributed by atoms with E-state index in [0.717, 1.165) is 31.5 Å². The molecule has 2 aliphatic rings. The van der Waals surface area contributed by atoms with Gasteiger partial charge in [0.25, 0.3) is 0 Å². The number of nitrogens with one attached hydrogen (secondary N) is 2. The molecule has 30 heavy (non-hydrogen) atoms. The summed E-state index contributed by atoms with van der Waals surface area (Å²) in [6.07, 6.45) is 1.99. The first-order chi connectivity index (χ1) is 14.6. The van der Waals surface area contributed by atoms with Gasteiger partial charge < -0.3 is 9.84 Å². The predicted molar refractivity (Wildman–Crippen MR) is 111 cm³/mol. The average molecular weight is 418 g/mol. The van der Waals surface area contributed by atoms with Crippen molar-refractivity contribution in [3.63, 3.8) is 0 Å². The van der Waals surface area contributed by atoms with E-state index >= 15 is 0 Å². The summed E-state index contributed by atoms with van der Waals surface area (Å²) in [5.74, 6) is -0.295. The number of phenols is 1. The second-order valence-electron chi connectivity index (χ2n) is 8.13. The lowest BCUT2D eigenvalue weighted by Gasteiger charge is -2.37. The molecule has 0 amide bonds. The van der Waals surface area contributed by atoms with Crippen molar-refractivity contribution in [2.24, 2.45) is 5.92 Å². The largest absolute Gasteiger partial charge is 0.504 e. The quantitative estimate of drug-likeness (QED) is 0.671. The normalized spacial score (nSPS) is 24.8. The number of aromatic hydroxyl groups is 1. The van der Waals surface area contributed by atoms with Crippen LogP contribution in [0.3, 0.4) is 0 Å². The van der Waals surface area contributed by atoms with Gasteiger partial charge in [0.15, 0.2) is 11.5 Å². The van der Waals surface area contributed by atoms with Gasteiger partial charge in [-0.05, 0) is 50.4 Å². The van der Waals surface area contributed by atoms with E-state index in [0.29, 0.717) is 25.4 Å². The van der Waals surface area contributed by atoms with Crippen LogP contribution < -0.4 is 15.6 Å². The number of hydrazine groups is 1. The van der Waals surface area contributed by atoms with Crippen molar-refractivity contribution in [3.8, 4) is 11.5 Å². The maximum atomic E-state index is 14.4. The third-order valence-corrected chi connectivity index (χ3v) is 6.22. The third-order valence-electron chi connectivity index (χ3n) is 6.22. The number of phenolic OH excluding ortho intramolecular Hbond substituents is 1. The predicted octanol–water partition coefficient (Wildman–Crippen LogP) is 3.54. The lowest BCUT2D eigenvalue weighted by Crippen LogP contribution is -2.46.